The van der Waals surface area contributed by atoms with Crippen LogP contribution in [-0.4, -0.2) is 41.6 Å². The highest BCUT2D eigenvalue weighted by Gasteiger charge is 2.20. The topological polar surface area (TPSA) is 57.3 Å². The molecular weight excluding hydrogens is 320 g/mol. The maximum absolute atomic E-state index is 12.0. The molecule has 1 aromatic rings. The summed E-state index contributed by atoms with van der Waals surface area (Å²) in [6.07, 6.45) is 9.92. The van der Waals surface area contributed by atoms with E-state index in [4.69, 9.17) is 0 Å². The molecular formula is C18H28N4OS. The van der Waals surface area contributed by atoms with Crippen LogP contribution in [0.1, 0.15) is 42.8 Å². The molecule has 0 aromatic carbocycles. The van der Waals surface area contributed by atoms with Gasteiger partial charge in [0.25, 0.3) is 0 Å². The number of thiazole rings is 1. The summed E-state index contributed by atoms with van der Waals surface area (Å²) in [5.74, 6) is 0.589. The molecule has 0 bridgehead atoms. The van der Waals surface area contributed by atoms with E-state index >= 15 is 0 Å². The van der Waals surface area contributed by atoms with Crippen LogP contribution in [0.3, 0.4) is 0 Å². The van der Waals surface area contributed by atoms with Crippen molar-refractivity contribution in [3.8, 4) is 0 Å². The first-order chi connectivity index (χ1) is 11.7. The minimum Gasteiger partial charge on any atom is -0.338 e. The normalized spacial score (nSPS) is 22.5. The van der Waals surface area contributed by atoms with Gasteiger partial charge >= 0.3 is 6.03 Å². The predicted octanol–water partition coefficient (Wildman–Crippen LogP) is 3.07. The smallest absolute Gasteiger partial charge is 0.315 e. The number of likely N-dealkylation sites (tertiary alicyclic amines) is 1. The lowest BCUT2D eigenvalue weighted by Gasteiger charge is -2.31. The molecule has 2 N–H and O–H groups in total. The van der Waals surface area contributed by atoms with Crippen LogP contribution in [0.4, 0.5) is 4.79 Å². The van der Waals surface area contributed by atoms with E-state index in [2.05, 4.69) is 45.0 Å². The summed E-state index contributed by atoms with van der Waals surface area (Å²) < 4.78 is 0. The van der Waals surface area contributed by atoms with Crippen LogP contribution in [-0.2, 0) is 6.54 Å². The van der Waals surface area contributed by atoms with Crippen LogP contribution in [0.2, 0.25) is 0 Å². The van der Waals surface area contributed by atoms with E-state index < -0.39 is 0 Å². The Hall–Kier alpha value is -1.40. The number of aryl methyl sites for hydroxylation is 1. The van der Waals surface area contributed by atoms with Crippen molar-refractivity contribution in [2.75, 3.05) is 19.6 Å². The maximum Gasteiger partial charge on any atom is 0.315 e. The van der Waals surface area contributed by atoms with Gasteiger partial charge in [0.2, 0.25) is 0 Å². The molecule has 3 rings (SSSR count). The fourth-order valence-electron chi connectivity index (χ4n) is 3.45. The summed E-state index contributed by atoms with van der Waals surface area (Å²) in [6.45, 7) is 5.98. The maximum atomic E-state index is 12.0. The van der Waals surface area contributed by atoms with Gasteiger partial charge in [-0.05, 0) is 58.0 Å². The third-order valence-electron chi connectivity index (χ3n) is 4.88. The second kappa shape index (κ2) is 8.62. The van der Waals surface area contributed by atoms with Crippen molar-refractivity contribution in [1.82, 2.24) is 20.5 Å². The molecule has 0 spiro atoms. The van der Waals surface area contributed by atoms with Gasteiger partial charge < -0.3 is 10.6 Å². The van der Waals surface area contributed by atoms with Crippen LogP contribution < -0.4 is 10.6 Å². The molecule has 1 atom stereocenters. The third kappa shape index (κ3) is 5.31. The van der Waals surface area contributed by atoms with Crippen LogP contribution in [0, 0.1) is 12.8 Å². The largest absolute Gasteiger partial charge is 0.338 e. The number of allylic oxidation sites excluding steroid dienone is 1. The molecule has 1 fully saturated rings. The number of hydrogen-bond acceptors (Lipinski definition) is 4. The van der Waals surface area contributed by atoms with E-state index in [9.17, 15) is 4.79 Å². The Morgan fingerprint density at radius 2 is 2.21 bits per heavy atom. The standard InChI is InChI=1S/C18H28N4OS/c1-14-20-17(13-24-14)12-22-9-7-15(8-10-22)11-19-18(23)21-16-5-3-2-4-6-16/h3,5,13,15-16H,2,4,6-12H2,1H3,(H2,19,21,23)/t16-/m0/s1. The SMILES string of the molecule is Cc1nc(CN2CCC(CNC(=O)N[C@H]3C=CCCC3)CC2)cs1. The molecule has 6 heteroatoms. The number of amides is 2. The van der Waals surface area contributed by atoms with Crippen molar-refractivity contribution in [3.05, 3.63) is 28.2 Å². The van der Waals surface area contributed by atoms with E-state index in [1.165, 1.54) is 12.1 Å². The van der Waals surface area contributed by atoms with Gasteiger partial charge in [-0.3, -0.25) is 4.90 Å². The Morgan fingerprint density at radius 1 is 1.38 bits per heavy atom. The quantitative estimate of drug-likeness (QED) is 0.804. The number of carbonyl (C=O) groups is 1. The van der Waals surface area contributed by atoms with E-state index in [1.54, 1.807) is 11.3 Å². The first-order valence-electron chi connectivity index (χ1n) is 9.03. The zero-order chi connectivity index (χ0) is 16.8. The highest BCUT2D eigenvalue weighted by Crippen LogP contribution is 2.19. The van der Waals surface area contributed by atoms with Gasteiger partial charge in [-0.25, -0.2) is 9.78 Å². The number of rotatable bonds is 5. The van der Waals surface area contributed by atoms with Gasteiger partial charge in [-0.1, -0.05) is 12.2 Å². The fraction of sp³-hybridized carbons (Fsp3) is 0.667. The number of carbonyl (C=O) groups excluding carboxylic acids is 1. The summed E-state index contributed by atoms with van der Waals surface area (Å²) >= 11 is 1.72. The van der Waals surface area contributed by atoms with Crippen molar-refractivity contribution in [2.24, 2.45) is 5.92 Å². The Bertz CT molecular complexity index is 563. The van der Waals surface area contributed by atoms with E-state index in [-0.39, 0.29) is 12.1 Å². The number of urea groups is 1. The van der Waals surface area contributed by atoms with Crippen LogP contribution in [0.5, 0.6) is 0 Å². The van der Waals surface area contributed by atoms with Crippen LogP contribution in [0.15, 0.2) is 17.5 Å². The Balaban J connectivity index is 1.32. The minimum atomic E-state index is -0.0214. The van der Waals surface area contributed by atoms with Crippen LogP contribution in [0.25, 0.3) is 0 Å². The third-order valence-corrected chi connectivity index (χ3v) is 5.70. The minimum absolute atomic E-state index is 0.0214. The van der Waals surface area contributed by atoms with Crippen molar-refractivity contribution >= 4 is 17.4 Å². The van der Waals surface area contributed by atoms with Crippen molar-refractivity contribution in [3.63, 3.8) is 0 Å². The van der Waals surface area contributed by atoms with Crippen LogP contribution >= 0.6 is 11.3 Å². The number of aromatic nitrogens is 1. The molecule has 5 nitrogen and oxygen atoms in total. The monoisotopic (exact) mass is 348 g/mol. The lowest BCUT2D eigenvalue weighted by Crippen LogP contribution is -2.45. The molecule has 0 radical (unpaired) electrons. The van der Waals surface area contributed by atoms with Gasteiger partial charge in [0.15, 0.2) is 0 Å². The first-order valence-corrected chi connectivity index (χ1v) is 9.91. The Labute approximate surface area is 148 Å². The van der Waals surface area contributed by atoms with E-state index in [1.807, 2.05) is 0 Å². The lowest BCUT2D eigenvalue weighted by atomic mass is 9.97. The van der Waals surface area contributed by atoms with E-state index in [0.29, 0.717) is 5.92 Å². The summed E-state index contributed by atoms with van der Waals surface area (Å²) in [6, 6.07) is 0.189. The van der Waals surface area contributed by atoms with Gasteiger partial charge in [-0.2, -0.15) is 0 Å². The summed E-state index contributed by atoms with van der Waals surface area (Å²) in [4.78, 5) is 19.0. The Kier molecular flexibility index (Phi) is 6.26. The molecule has 2 heterocycles. The highest BCUT2D eigenvalue weighted by atomic mass is 32.1. The second-order valence-electron chi connectivity index (χ2n) is 6.90. The van der Waals surface area contributed by atoms with E-state index in [0.717, 1.165) is 56.9 Å². The molecule has 2 amide bonds. The number of nitrogens with zero attached hydrogens (tertiary/aromatic N) is 2. The predicted molar refractivity (Wildman–Crippen MR) is 98.2 cm³/mol. The number of hydrogen-bond donors (Lipinski definition) is 2. The first kappa shape index (κ1) is 17.4. The highest BCUT2D eigenvalue weighted by molar-refractivity contribution is 7.09. The molecule has 1 aromatic heterocycles. The second-order valence-corrected chi connectivity index (χ2v) is 7.96. The lowest BCUT2D eigenvalue weighted by molar-refractivity contribution is 0.173. The van der Waals surface area contributed by atoms with Gasteiger partial charge in [0.05, 0.1) is 10.7 Å². The zero-order valence-corrected chi connectivity index (χ0v) is 15.3. The molecule has 0 saturated carbocycles. The molecule has 132 valence electrons. The summed E-state index contributed by atoms with van der Waals surface area (Å²) in [5, 5.41) is 9.40. The zero-order valence-electron chi connectivity index (χ0n) is 14.5. The number of nitrogens with one attached hydrogen (secondary N) is 2. The van der Waals surface area contributed by atoms with Crippen molar-refractivity contribution in [1.29, 1.82) is 0 Å². The molecule has 1 saturated heterocycles. The molecule has 1 aliphatic carbocycles. The fourth-order valence-corrected chi connectivity index (χ4v) is 4.05. The molecule has 1 aliphatic heterocycles. The van der Waals surface area contributed by atoms with Gasteiger partial charge in [0.1, 0.15) is 0 Å². The van der Waals surface area contributed by atoms with Crippen molar-refractivity contribution < 1.29 is 4.79 Å². The molecule has 2 aliphatic rings. The average Bonchev–Trinajstić information content (AvgIpc) is 3.00. The van der Waals surface area contributed by atoms with Gasteiger partial charge in [-0.15, -0.1) is 11.3 Å². The Morgan fingerprint density at radius 3 is 2.88 bits per heavy atom. The average molecular weight is 349 g/mol. The summed E-state index contributed by atoms with van der Waals surface area (Å²) in [7, 11) is 0. The van der Waals surface area contributed by atoms with Crippen molar-refractivity contribution in [2.45, 2.75) is 51.6 Å². The molecule has 0 unspecified atom stereocenters. The number of piperidine rings is 1. The summed E-state index contributed by atoms with van der Waals surface area (Å²) in [5.41, 5.74) is 1.19. The molecule has 24 heavy (non-hydrogen) atoms. The van der Waals surface area contributed by atoms with Gasteiger partial charge in [0, 0.05) is 24.5 Å².